The van der Waals surface area contributed by atoms with Crippen molar-refractivity contribution in [3.8, 4) is 0 Å². The maximum atomic E-state index is 14.1. The van der Waals surface area contributed by atoms with Crippen LogP contribution < -0.4 is 10.6 Å². The van der Waals surface area contributed by atoms with Gasteiger partial charge in [-0.15, -0.1) is 11.8 Å². The number of imidazole rings is 1. The van der Waals surface area contributed by atoms with Crippen LogP contribution in [0.25, 0.3) is 11.2 Å². The summed E-state index contributed by atoms with van der Waals surface area (Å²) in [6.07, 6.45) is 4.01. The number of carbonyl (C=O) groups is 2. The third-order valence-electron chi connectivity index (χ3n) is 9.93. The SMILES string of the molecule is CC(C)N1CCN(c2cccc(Cl)c2C2S[C@@H](CC(=O)N3CCC(n4c(=O)[nH]c5ncccc54)CC3)C(=O)N2CCC(C)(C)C)CC1.[HH]. The summed E-state index contributed by atoms with van der Waals surface area (Å²) in [7, 11) is 0. The van der Waals surface area contributed by atoms with Crippen molar-refractivity contribution in [2.45, 2.75) is 83.0 Å². The van der Waals surface area contributed by atoms with Crippen molar-refractivity contribution in [1.82, 2.24) is 29.2 Å². The Morgan fingerprint density at radius 3 is 2.47 bits per heavy atom. The topological polar surface area (TPSA) is 97.8 Å². The molecule has 3 fully saturated rings. The maximum Gasteiger partial charge on any atom is 0.327 e. The second kappa shape index (κ2) is 13.8. The fourth-order valence-corrected chi connectivity index (χ4v) is 9.02. The molecule has 0 spiro atoms. The number of anilines is 1. The number of H-pyrrole nitrogens is 1. The third kappa shape index (κ3) is 7.22. The van der Waals surface area contributed by atoms with Crippen molar-refractivity contribution in [1.29, 1.82) is 0 Å². The number of pyridine rings is 1. The molecule has 0 radical (unpaired) electrons. The molecule has 6 rings (SSSR count). The molecule has 0 aliphatic carbocycles. The molecule has 3 aliphatic heterocycles. The van der Waals surface area contributed by atoms with E-state index in [9.17, 15) is 14.4 Å². The predicted molar refractivity (Wildman–Crippen MR) is 192 cm³/mol. The molecule has 1 aromatic carbocycles. The Kier molecular flexibility index (Phi) is 9.97. The Hall–Kier alpha value is -3.02. The van der Waals surface area contributed by atoms with Crippen molar-refractivity contribution in [3.63, 3.8) is 0 Å². The maximum absolute atomic E-state index is 14.1. The summed E-state index contributed by atoms with van der Waals surface area (Å²) in [4.78, 5) is 56.5. The number of halogens is 1. The quantitative estimate of drug-likeness (QED) is 0.321. The number of hydrogen-bond donors (Lipinski definition) is 1. The third-order valence-corrected chi connectivity index (χ3v) is 11.7. The standard InChI is InChI=1S/C35H48ClN7O3S.H2/c1-23(2)39-18-20-40(21-19-39)26-9-6-8-25(36)30(26)33-42(17-13-35(3,4)5)32(45)28(47-33)22-29(44)41-15-11-24(12-16-41)43-27-10-7-14-37-31(27)38-34(43)46;/h6-10,14,23-24,28,33H,11-13,15-22H2,1-5H3,(H,37,38,46);1H/t28-,33?;/m0./s1. The molecule has 5 heterocycles. The minimum atomic E-state index is -0.477. The van der Waals surface area contributed by atoms with E-state index in [1.165, 1.54) is 0 Å². The molecule has 0 bridgehead atoms. The summed E-state index contributed by atoms with van der Waals surface area (Å²) >= 11 is 8.57. The molecule has 12 heteroatoms. The van der Waals surface area contributed by atoms with Crippen LogP contribution in [0.5, 0.6) is 0 Å². The second-order valence-electron chi connectivity index (χ2n) is 14.6. The van der Waals surface area contributed by atoms with E-state index in [1.807, 2.05) is 34.1 Å². The highest BCUT2D eigenvalue weighted by Gasteiger charge is 2.45. The summed E-state index contributed by atoms with van der Waals surface area (Å²) in [5.74, 6) is 0.00341. The fraction of sp³-hybridized carbons (Fsp3) is 0.600. The number of aromatic amines is 1. The number of amides is 2. The van der Waals surface area contributed by atoms with Gasteiger partial charge >= 0.3 is 5.69 Å². The zero-order chi connectivity index (χ0) is 33.5. The lowest BCUT2D eigenvalue weighted by molar-refractivity contribution is -0.136. The van der Waals surface area contributed by atoms with E-state index >= 15 is 0 Å². The number of piperidine rings is 1. The van der Waals surface area contributed by atoms with Crippen molar-refractivity contribution in [2.75, 3.05) is 50.7 Å². The van der Waals surface area contributed by atoms with Crippen LogP contribution in [-0.4, -0.2) is 98.2 Å². The van der Waals surface area contributed by atoms with Gasteiger partial charge in [-0.25, -0.2) is 9.78 Å². The largest absolute Gasteiger partial charge is 0.369 e. The van der Waals surface area contributed by atoms with Gasteiger partial charge in [0.05, 0.1) is 10.8 Å². The highest BCUT2D eigenvalue weighted by Crippen LogP contribution is 2.50. The molecular formula is C35H50ClN7O3S. The zero-order valence-corrected chi connectivity index (χ0v) is 29.8. The number of carbonyl (C=O) groups excluding carboxylic acids is 2. The molecule has 3 saturated heterocycles. The van der Waals surface area contributed by atoms with E-state index in [2.05, 4.69) is 60.5 Å². The number of thioether (sulfide) groups is 1. The Balaban J connectivity index is 0.00000451. The molecule has 3 aliphatic rings. The first kappa shape index (κ1) is 33.9. The number of aromatic nitrogens is 3. The molecule has 1 N–H and O–H groups in total. The van der Waals surface area contributed by atoms with Crippen LogP contribution in [0, 0.1) is 5.41 Å². The van der Waals surface area contributed by atoms with Crippen LogP contribution in [-0.2, 0) is 9.59 Å². The normalized spacial score (nSPS) is 21.9. The van der Waals surface area contributed by atoms with Crippen molar-refractivity contribution < 1.29 is 11.0 Å². The van der Waals surface area contributed by atoms with Crippen LogP contribution in [0.3, 0.4) is 0 Å². The number of nitrogens with one attached hydrogen (secondary N) is 1. The Morgan fingerprint density at radius 1 is 1.06 bits per heavy atom. The van der Waals surface area contributed by atoms with Crippen LogP contribution in [0.2, 0.25) is 5.02 Å². The summed E-state index contributed by atoms with van der Waals surface area (Å²) in [5.41, 5.74) is 3.32. The number of benzene rings is 1. The monoisotopic (exact) mass is 683 g/mol. The lowest BCUT2D eigenvalue weighted by atomic mass is 9.92. The van der Waals surface area contributed by atoms with Gasteiger partial charge in [-0.2, -0.15) is 0 Å². The minimum Gasteiger partial charge on any atom is -0.369 e. The first-order valence-electron chi connectivity index (χ1n) is 17.0. The van der Waals surface area contributed by atoms with E-state index < -0.39 is 5.25 Å². The summed E-state index contributed by atoms with van der Waals surface area (Å²) in [6.45, 7) is 16.5. The summed E-state index contributed by atoms with van der Waals surface area (Å²) < 4.78 is 1.78. The molecule has 47 heavy (non-hydrogen) atoms. The molecular weight excluding hydrogens is 634 g/mol. The van der Waals surface area contributed by atoms with Gasteiger partial charge in [-0.1, -0.05) is 38.4 Å². The first-order valence-corrected chi connectivity index (χ1v) is 18.3. The lowest BCUT2D eigenvalue weighted by Crippen LogP contribution is -2.49. The lowest BCUT2D eigenvalue weighted by Gasteiger charge is -2.40. The number of fused-ring (bicyclic) bond motifs is 1. The van der Waals surface area contributed by atoms with Gasteiger partial charge in [-0.05, 0) is 62.8 Å². The molecule has 2 atom stereocenters. The van der Waals surface area contributed by atoms with Gasteiger partial charge in [0.2, 0.25) is 11.8 Å². The van der Waals surface area contributed by atoms with Gasteiger partial charge in [0, 0.05) is 88.2 Å². The smallest absolute Gasteiger partial charge is 0.327 e. The first-order chi connectivity index (χ1) is 22.4. The molecule has 256 valence electrons. The average Bonchev–Trinajstić information content (AvgIpc) is 3.54. The Morgan fingerprint density at radius 2 is 1.79 bits per heavy atom. The van der Waals surface area contributed by atoms with Crippen molar-refractivity contribution in [3.05, 3.63) is 57.6 Å². The molecule has 1 unspecified atom stereocenters. The number of rotatable bonds is 8. The van der Waals surface area contributed by atoms with E-state index in [1.54, 1.807) is 22.5 Å². The van der Waals surface area contributed by atoms with E-state index in [-0.39, 0.29) is 42.2 Å². The molecule has 2 aromatic heterocycles. The van der Waals surface area contributed by atoms with Gasteiger partial charge in [0.15, 0.2) is 5.65 Å². The number of nitrogens with zero attached hydrogens (tertiary/aromatic N) is 6. The highest BCUT2D eigenvalue weighted by molar-refractivity contribution is 8.01. The van der Waals surface area contributed by atoms with Crippen LogP contribution in [0.1, 0.15) is 78.7 Å². The predicted octanol–water partition coefficient (Wildman–Crippen LogP) is 5.79. The van der Waals surface area contributed by atoms with Gasteiger partial charge in [0.25, 0.3) is 0 Å². The fourth-order valence-electron chi connectivity index (χ4n) is 7.14. The van der Waals surface area contributed by atoms with E-state index in [0.717, 1.165) is 49.4 Å². The Bertz CT molecular complexity index is 1660. The van der Waals surface area contributed by atoms with Crippen molar-refractivity contribution >= 4 is 52.0 Å². The second-order valence-corrected chi connectivity index (χ2v) is 16.3. The van der Waals surface area contributed by atoms with Crippen molar-refractivity contribution in [2.24, 2.45) is 5.41 Å². The number of likely N-dealkylation sites (tertiary alicyclic amines) is 1. The van der Waals surface area contributed by atoms with Gasteiger partial charge in [-0.3, -0.25) is 24.0 Å². The summed E-state index contributed by atoms with van der Waals surface area (Å²) in [6, 6.07) is 10.3. The Labute approximate surface area is 288 Å². The van der Waals surface area contributed by atoms with Crippen LogP contribution in [0.4, 0.5) is 5.69 Å². The molecule has 3 aromatic rings. The number of hydrogen-bond acceptors (Lipinski definition) is 7. The minimum absolute atomic E-state index is 0. The molecule has 0 saturated carbocycles. The molecule has 10 nitrogen and oxygen atoms in total. The van der Waals surface area contributed by atoms with Gasteiger partial charge < -0.3 is 14.7 Å². The van der Waals surface area contributed by atoms with Crippen LogP contribution in [0.15, 0.2) is 41.3 Å². The number of piperazine rings is 1. The molecule has 2 amide bonds. The highest BCUT2D eigenvalue weighted by atomic mass is 35.5. The van der Waals surface area contributed by atoms with Gasteiger partial charge in [0.1, 0.15) is 5.37 Å². The van der Waals surface area contributed by atoms with Crippen LogP contribution >= 0.6 is 23.4 Å². The summed E-state index contributed by atoms with van der Waals surface area (Å²) in [5, 5.41) is -0.0754. The van der Waals surface area contributed by atoms with E-state index in [4.69, 9.17) is 11.6 Å². The van der Waals surface area contributed by atoms with E-state index in [0.29, 0.717) is 49.2 Å². The zero-order valence-electron chi connectivity index (χ0n) is 28.2. The average molecular weight is 684 g/mol.